The predicted octanol–water partition coefficient (Wildman–Crippen LogP) is 4.46. The van der Waals surface area contributed by atoms with E-state index in [1.165, 1.54) is 4.31 Å². The summed E-state index contributed by atoms with van der Waals surface area (Å²) in [5, 5.41) is 0. The van der Waals surface area contributed by atoms with E-state index >= 15 is 0 Å². The Hall–Kier alpha value is -2.47. The van der Waals surface area contributed by atoms with E-state index in [4.69, 9.17) is 4.74 Å². The molecule has 0 aromatic heterocycles. The molecule has 0 radical (unpaired) electrons. The number of nitrogens with zero attached hydrogens (tertiary/aromatic N) is 1. The van der Waals surface area contributed by atoms with Crippen molar-refractivity contribution in [3.63, 3.8) is 0 Å². The highest BCUT2D eigenvalue weighted by atomic mass is 32.2. The standard InChI is InChI=1S/C22H21NO3S/c1-17-12-14-20(15-13-17)27(24,25)23-21(18-8-4-2-5-9-18)16-26-22(23)19-10-6-3-7-11-19/h2-15,21-22H,16H2,1H3/t21-,22+/m0/s1. The minimum atomic E-state index is -3.74. The molecule has 0 bridgehead atoms. The average Bonchev–Trinajstić information content (AvgIpc) is 3.16. The summed E-state index contributed by atoms with van der Waals surface area (Å²) in [6.45, 7) is 2.25. The highest BCUT2D eigenvalue weighted by Crippen LogP contribution is 2.42. The van der Waals surface area contributed by atoms with Crippen molar-refractivity contribution in [3.05, 3.63) is 102 Å². The van der Waals surface area contributed by atoms with E-state index in [-0.39, 0.29) is 10.9 Å². The van der Waals surface area contributed by atoms with Gasteiger partial charge in [-0.15, -0.1) is 0 Å². The Morgan fingerprint density at radius 3 is 1.96 bits per heavy atom. The molecule has 1 heterocycles. The van der Waals surface area contributed by atoms with Gasteiger partial charge in [0.15, 0.2) is 6.23 Å². The van der Waals surface area contributed by atoms with E-state index in [0.29, 0.717) is 6.61 Å². The Labute approximate surface area is 160 Å². The number of aryl methyl sites for hydroxylation is 1. The second-order valence-corrected chi connectivity index (χ2v) is 8.51. The fraction of sp³-hybridized carbons (Fsp3) is 0.182. The topological polar surface area (TPSA) is 46.6 Å². The second-order valence-electron chi connectivity index (χ2n) is 6.67. The molecule has 0 aliphatic carbocycles. The highest BCUT2D eigenvalue weighted by molar-refractivity contribution is 7.89. The SMILES string of the molecule is Cc1ccc(S(=O)(=O)N2[C@@H](c3ccccc3)OC[C@H]2c2ccccc2)cc1. The van der Waals surface area contributed by atoms with Crippen molar-refractivity contribution in [2.75, 3.05) is 6.61 Å². The Morgan fingerprint density at radius 1 is 0.815 bits per heavy atom. The monoisotopic (exact) mass is 379 g/mol. The molecule has 2 atom stereocenters. The first-order chi connectivity index (χ1) is 13.1. The summed E-state index contributed by atoms with van der Waals surface area (Å²) in [4.78, 5) is 0.278. The first-order valence-electron chi connectivity index (χ1n) is 8.89. The van der Waals surface area contributed by atoms with Gasteiger partial charge in [0, 0.05) is 0 Å². The van der Waals surface area contributed by atoms with Gasteiger partial charge < -0.3 is 4.74 Å². The number of rotatable bonds is 4. The Kier molecular flexibility index (Phi) is 4.83. The molecule has 3 aromatic carbocycles. The molecule has 1 aliphatic heterocycles. The van der Waals surface area contributed by atoms with Crippen LogP contribution >= 0.6 is 0 Å². The largest absolute Gasteiger partial charge is 0.356 e. The van der Waals surface area contributed by atoms with Crippen molar-refractivity contribution >= 4 is 10.0 Å². The van der Waals surface area contributed by atoms with E-state index in [1.807, 2.05) is 79.7 Å². The van der Waals surface area contributed by atoms with Crippen LogP contribution in [0.15, 0.2) is 89.8 Å². The minimum absolute atomic E-state index is 0.278. The summed E-state index contributed by atoms with van der Waals surface area (Å²) < 4.78 is 34.6. The quantitative estimate of drug-likeness (QED) is 0.673. The van der Waals surface area contributed by atoms with Gasteiger partial charge in [-0.05, 0) is 30.2 Å². The first-order valence-corrected chi connectivity index (χ1v) is 10.3. The molecular weight excluding hydrogens is 358 g/mol. The minimum Gasteiger partial charge on any atom is -0.356 e. The molecule has 1 fully saturated rings. The van der Waals surface area contributed by atoms with Gasteiger partial charge in [0.1, 0.15) is 0 Å². The number of hydrogen-bond donors (Lipinski definition) is 0. The third-order valence-corrected chi connectivity index (χ3v) is 6.68. The van der Waals surface area contributed by atoms with Crippen LogP contribution in [0, 0.1) is 6.92 Å². The van der Waals surface area contributed by atoms with Crippen LogP contribution < -0.4 is 0 Å². The van der Waals surface area contributed by atoms with Crippen molar-refractivity contribution in [3.8, 4) is 0 Å². The van der Waals surface area contributed by atoms with Gasteiger partial charge in [-0.3, -0.25) is 0 Å². The van der Waals surface area contributed by atoms with E-state index in [0.717, 1.165) is 16.7 Å². The molecule has 5 heteroatoms. The third-order valence-electron chi connectivity index (χ3n) is 4.82. The van der Waals surface area contributed by atoms with Crippen LogP contribution in [-0.2, 0) is 14.8 Å². The molecule has 0 amide bonds. The van der Waals surface area contributed by atoms with Gasteiger partial charge >= 0.3 is 0 Å². The van der Waals surface area contributed by atoms with Crippen LogP contribution in [0.25, 0.3) is 0 Å². The van der Waals surface area contributed by atoms with Gasteiger partial charge in [-0.25, -0.2) is 8.42 Å². The smallest absolute Gasteiger partial charge is 0.246 e. The van der Waals surface area contributed by atoms with Crippen LogP contribution in [0.4, 0.5) is 0 Å². The number of hydrogen-bond acceptors (Lipinski definition) is 3. The van der Waals surface area contributed by atoms with E-state index < -0.39 is 16.3 Å². The molecule has 3 aromatic rings. The molecule has 27 heavy (non-hydrogen) atoms. The van der Waals surface area contributed by atoms with Crippen LogP contribution in [0.5, 0.6) is 0 Å². The Bertz CT molecular complexity index is 955. The van der Waals surface area contributed by atoms with Crippen molar-refractivity contribution in [2.45, 2.75) is 24.1 Å². The number of benzene rings is 3. The predicted molar refractivity (Wildman–Crippen MR) is 105 cm³/mol. The second kappa shape index (κ2) is 7.27. The summed E-state index contributed by atoms with van der Waals surface area (Å²) in [5.74, 6) is 0. The summed E-state index contributed by atoms with van der Waals surface area (Å²) in [5.41, 5.74) is 2.77. The number of sulfonamides is 1. The molecule has 1 aliphatic rings. The van der Waals surface area contributed by atoms with Gasteiger partial charge in [-0.1, -0.05) is 78.4 Å². The molecule has 1 saturated heterocycles. The fourth-order valence-corrected chi connectivity index (χ4v) is 5.07. The lowest BCUT2D eigenvalue weighted by Crippen LogP contribution is -2.33. The average molecular weight is 379 g/mol. The first kappa shape index (κ1) is 17.9. The summed E-state index contributed by atoms with van der Waals surface area (Å²) >= 11 is 0. The summed E-state index contributed by atoms with van der Waals surface area (Å²) in [6, 6.07) is 25.7. The van der Waals surface area contributed by atoms with Gasteiger partial charge in [-0.2, -0.15) is 4.31 Å². The van der Waals surface area contributed by atoms with Gasteiger partial charge in [0.2, 0.25) is 10.0 Å². The van der Waals surface area contributed by atoms with Crippen LogP contribution in [0.1, 0.15) is 29.0 Å². The molecule has 4 rings (SSSR count). The van der Waals surface area contributed by atoms with Crippen molar-refractivity contribution in [2.24, 2.45) is 0 Å². The van der Waals surface area contributed by atoms with Crippen molar-refractivity contribution in [1.29, 1.82) is 0 Å². The molecule has 138 valence electrons. The highest BCUT2D eigenvalue weighted by Gasteiger charge is 2.44. The third kappa shape index (κ3) is 3.41. The molecule has 0 spiro atoms. The van der Waals surface area contributed by atoms with E-state index in [1.54, 1.807) is 12.1 Å². The van der Waals surface area contributed by atoms with Gasteiger partial charge in [0.05, 0.1) is 17.5 Å². The fourth-order valence-electron chi connectivity index (χ4n) is 3.40. The molecule has 0 unspecified atom stereocenters. The summed E-state index contributed by atoms with van der Waals surface area (Å²) in [7, 11) is -3.74. The maximum absolute atomic E-state index is 13.6. The zero-order valence-electron chi connectivity index (χ0n) is 15.0. The molecule has 0 saturated carbocycles. The maximum Gasteiger partial charge on any atom is 0.246 e. The zero-order chi connectivity index (χ0) is 18.9. The Balaban J connectivity index is 1.82. The lowest BCUT2D eigenvalue weighted by Gasteiger charge is -2.28. The van der Waals surface area contributed by atoms with E-state index in [9.17, 15) is 8.42 Å². The van der Waals surface area contributed by atoms with Crippen LogP contribution in [-0.4, -0.2) is 19.3 Å². The molecule has 4 nitrogen and oxygen atoms in total. The maximum atomic E-state index is 13.6. The Morgan fingerprint density at radius 2 is 1.37 bits per heavy atom. The van der Waals surface area contributed by atoms with Crippen molar-refractivity contribution < 1.29 is 13.2 Å². The van der Waals surface area contributed by atoms with Gasteiger partial charge in [0.25, 0.3) is 0 Å². The normalized spacial score (nSPS) is 20.6. The summed E-state index contributed by atoms with van der Waals surface area (Å²) in [6.07, 6.45) is -0.650. The van der Waals surface area contributed by atoms with E-state index in [2.05, 4.69) is 0 Å². The number of ether oxygens (including phenoxy) is 1. The molecular formula is C22H21NO3S. The van der Waals surface area contributed by atoms with Crippen LogP contribution in [0.2, 0.25) is 0 Å². The zero-order valence-corrected chi connectivity index (χ0v) is 15.8. The van der Waals surface area contributed by atoms with Crippen LogP contribution in [0.3, 0.4) is 0 Å². The van der Waals surface area contributed by atoms with Crippen molar-refractivity contribution in [1.82, 2.24) is 4.31 Å². The lowest BCUT2D eigenvalue weighted by molar-refractivity contribution is 0.0681. The lowest BCUT2D eigenvalue weighted by atomic mass is 10.1. The molecule has 0 N–H and O–H groups in total.